The van der Waals surface area contributed by atoms with E-state index in [1.807, 2.05) is 0 Å². The third-order valence-electron chi connectivity index (χ3n) is 3.34. The van der Waals surface area contributed by atoms with Crippen molar-refractivity contribution in [2.24, 2.45) is 5.92 Å². The zero-order chi connectivity index (χ0) is 10.2. The van der Waals surface area contributed by atoms with E-state index < -0.39 is 0 Å². The summed E-state index contributed by atoms with van der Waals surface area (Å²) in [7, 11) is 0. The highest BCUT2D eigenvalue weighted by atomic mass is 16.2. The third kappa shape index (κ3) is 2.14. The molecule has 14 heavy (non-hydrogen) atoms. The van der Waals surface area contributed by atoms with Crippen LogP contribution in [0.25, 0.3) is 0 Å². The van der Waals surface area contributed by atoms with Crippen LogP contribution in [0.5, 0.6) is 0 Å². The number of hydrogen-bond acceptors (Lipinski definition) is 2. The molecule has 0 spiro atoms. The van der Waals surface area contributed by atoms with Gasteiger partial charge in [0, 0.05) is 24.3 Å². The first-order valence-electron chi connectivity index (χ1n) is 5.43. The molecule has 0 radical (unpaired) electrons. The van der Waals surface area contributed by atoms with E-state index >= 15 is 0 Å². The molecule has 0 saturated heterocycles. The van der Waals surface area contributed by atoms with E-state index in [-0.39, 0.29) is 17.4 Å². The summed E-state index contributed by atoms with van der Waals surface area (Å²) in [5.41, 5.74) is 0.0819. The number of carbonyl (C=O) groups excluding carboxylic acids is 2. The predicted molar refractivity (Wildman–Crippen MR) is 52.7 cm³/mol. The van der Waals surface area contributed by atoms with Crippen LogP contribution in [-0.2, 0) is 9.59 Å². The summed E-state index contributed by atoms with van der Waals surface area (Å²) < 4.78 is 0. The molecule has 2 rings (SSSR count). The van der Waals surface area contributed by atoms with Crippen LogP contribution in [0, 0.1) is 5.92 Å². The Morgan fingerprint density at radius 3 is 2.43 bits per heavy atom. The van der Waals surface area contributed by atoms with Gasteiger partial charge in [0.25, 0.3) is 0 Å². The van der Waals surface area contributed by atoms with E-state index in [1.54, 1.807) is 0 Å². The zero-order valence-corrected chi connectivity index (χ0v) is 8.64. The molecule has 0 aromatic rings. The Labute approximate surface area is 84.2 Å². The second kappa shape index (κ2) is 3.37. The van der Waals surface area contributed by atoms with Crippen molar-refractivity contribution in [2.75, 3.05) is 0 Å². The first-order valence-corrected chi connectivity index (χ1v) is 5.43. The van der Waals surface area contributed by atoms with Crippen LogP contribution in [0.1, 0.15) is 45.4 Å². The number of rotatable bonds is 2. The van der Waals surface area contributed by atoms with E-state index in [0.717, 1.165) is 25.7 Å². The highest BCUT2D eigenvalue weighted by Gasteiger charge is 2.40. The molecule has 0 aliphatic heterocycles. The molecule has 0 aromatic heterocycles. The van der Waals surface area contributed by atoms with Gasteiger partial charge in [-0.1, -0.05) is 0 Å². The van der Waals surface area contributed by atoms with Crippen molar-refractivity contribution in [3.8, 4) is 0 Å². The number of ketones is 1. The molecule has 2 aliphatic carbocycles. The van der Waals surface area contributed by atoms with E-state index in [2.05, 4.69) is 12.2 Å². The number of carbonyl (C=O) groups is 2. The molecule has 0 bridgehead atoms. The van der Waals surface area contributed by atoms with Gasteiger partial charge >= 0.3 is 0 Å². The van der Waals surface area contributed by atoms with Crippen molar-refractivity contribution in [1.82, 2.24) is 5.32 Å². The fourth-order valence-electron chi connectivity index (χ4n) is 1.91. The van der Waals surface area contributed by atoms with Crippen LogP contribution in [0.2, 0.25) is 0 Å². The first-order chi connectivity index (χ1) is 6.59. The Bertz CT molecular complexity index is 258. The highest BCUT2D eigenvalue weighted by molar-refractivity contribution is 5.85. The van der Waals surface area contributed by atoms with Gasteiger partial charge < -0.3 is 5.32 Å². The molecule has 78 valence electrons. The van der Waals surface area contributed by atoms with Gasteiger partial charge in [-0.25, -0.2) is 0 Å². The normalized spacial score (nSPS) is 25.9. The maximum atomic E-state index is 11.7. The molecular formula is C11H17NO2. The summed E-state index contributed by atoms with van der Waals surface area (Å²) in [5, 5.41) is 3.06. The summed E-state index contributed by atoms with van der Waals surface area (Å²) in [6.07, 6.45) is 4.89. The lowest BCUT2D eigenvalue weighted by molar-refractivity contribution is -0.129. The largest absolute Gasteiger partial charge is 0.351 e. The van der Waals surface area contributed by atoms with Gasteiger partial charge in [0.2, 0.25) is 5.91 Å². The summed E-state index contributed by atoms with van der Waals surface area (Å²) in [4.78, 5) is 22.7. The Morgan fingerprint density at radius 2 is 1.93 bits per heavy atom. The average molecular weight is 195 g/mol. The number of amides is 1. The molecule has 2 fully saturated rings. The summed E-state index contributed by atoms with van der Waals surface area (Å²) >= 11 is 0. The molecule has 3 heteroatoms. The number of hydrogen-bond donors (Lipinski definition) is 1. The minimum absolute atomic E-state index is 0.0819. The van der Waals surface area contributed by atoms with Crippen molar-refractivity contribution in [3.63, 3.8) is 0 Å². The second-order valence-corrected chi connectivity index (χ2v) is 4.86. The molecule has 0 heterocycles. The van der Waals surface area contributed by atoms with E-state index in [1.165, 1.54) is 0 Å². The van der Waals surface area contributed by atoms with Gasteiger partial charge in [-0.15, -0.1) is 0 Å². The lowest BCUT2D eigenvalue weighted by Gasteiger charge is -2.22. The molecular weight excluding hydrogens is 178 g/mol. The van der Waals surface area contributed by atoms with Crippen molar-refractivity contribution in [2.45, 2.75) is 51.0 Å². The molecule has 0 atom stereocenters. The number of nitrogens with one attached hydrogen (secondary N) is 1. The standard InChI is InChI=1S/C11H17NO2/c1-11(6-7-11)12-10(14)8-2-4-9(13)5-3-8/h8H,2-7H2,1H3,(H,12,14). The molecule has 0 unspecified atom stereocenters. The minimum Gasteiger partial charge on any atom is -0.351 e. The van der Waals surface area contributed by atoms with Gasteiger partial charge in [-0.05, 0) is 32.6 Å². The van der Waals surface area contributed by atoms with Crippen molar-refractivity contribution >= 4 is 11.7 Å². The molecule has 0 aromatic carbocycles. The second-order valence-electron chi connectivity index (χ2n) is 4.86. The van der Waals surface area contributed by atoms with Crippen LogP contribution in [0.3, 0.4) is 0 Å². The van der Waals surface area contributed by atoms with Gasteiger partial charge in [0.15, 0.2) is 0 Å². The Kier molecular flexibility index (Phi) is 2.33. The minimum atomic E-state index is 0.0819. The fourth-order valence-corrected chi connectivity index (χ4v) is 1.91. The van der Waals surface area contributed by atoms with Gasteiger partial charge in [0.05, 0.1) is 0 Å². The average Bonchev–Trinajstić information content (AvgIpc) is 2.84. The fraction of sp³-hybridized carbons (Fsp3) is 0.818. The Morgan fingerprint density at radius 1 is 1.36 bits per heavy atom. The monoisotopic (exact) mass is 195 g/mol. The topological polar surface area (TPSA) is 46.2 Å². The summed E-state index contributed by atoms with van der Waals surface area (Å²) in [6, 6.07) is 0. The van der Waals surface area contributed by atoms with Crippen molar-refractivity contribution in [3.05, 3.63) is 0 Å². The maximum Gasteiger partial charge on any atom is 0.223 e. The van der Waals surface area contributed by atoms with Crippen LogP contribution in [-0.4, -0.2) is 17.2 Å². The SMILES string of the molecule is CC1(NC(=O)C2CCC(=O)CC2)CC1. The summed E-state index contributed by atoms with van der Waals surface area (Å²) in [5.74, 6) is 0.564. The van der Waals surface area contributed by atoms with Crippen LogP contribution >= 0.6 is 0 Å². The van der Waals surface area contributed by atoms with E-state index in [9.17, 15) is 9.59 Å². The highest BCUT2D eigenvalue weighted by Crippen LogP contribution is 2.35. The van der Waals surface area contributed by atoms with Gasteiger partial charge in [0.1, 0.15) is 5.78 Å². The van der Waals surface area contributed by atoms with Crippen LogP contribution in [0.4, 0.5) is 0 Å². The smallest absolute Gasteiger partial charge is 0.223 e. The number of Topliss-reactive ketones (excluding diaryl/α,β-unsaturated/α-hetero) is 1. The first kappa shape index (κ1) is 9.69. The van der Waals surface area contributed by atoms with Crippen LogP contribution in [0.15, 0.2) is 0 Å². The lowest BCUT2D eigenvalue weighted by atomic mass is 9.87. The van der Waals surface area contributed by atoms with Gasteiger partial charge in [-0.3, -0.25) is 9.59 Å². The van der Waals surface area contributed by atoms with E-state index in [4.69, 9.17) is 0 Å². The quantitative estimate of drug-likeness (QED) is 0.724. The van der Waals surface area contributed by atoms with E-state index in [0.29, 0.717) is 18.6 Å². The predicted octanol–water partition coefficient (Wildman–Crippen LogP) is 1.41. The molecule has 3 nitrogen and oxygen atoms in total. The Balaban J connectivity index is 1.83. The van der Waals surface area contributed by atoms with Gasteiger partial charge in [-0.2, -0.15) is 0 Å². The molecule has 1 amide bonds. The third-order valence-corrected chi connectivity index (χ3v) is 3.34. The lowest BCUT2D eigenvalue weighted by Crippen LogP contribution is -2.40. The Hall–Kier alpha value is -0.860. The molecule has 2 aliphatic rings. The summed E-state index contributed by atoms with van der Waals surface area (Å²) in [6.45, 7) is 2.08. The van der Waals surface area contributed by atoms with Crippen LogP contribution < -0.4 is 5.32 Å². The zero-order valence-electron chi connectivity index (χ0n) is 8.64. The molecule has 2 saturated carbocycles. The molecule has 1 N–H and O–H groups in total. The van der Waals surface area contributed by atoms with Crippen molar-refractivity contribution < 1.29 is 9.59 Å². The van der Waals surface area contributed by atoms with Crippen molar-refractivity contribution in [1.29, 1.82) is 0 Å². The maximum absolute atomic E-state index is 11.7.